The van der Waals surface area contributed by atoms with Crippen LogP contribution in [-0.4, -0.2) is 44.8 Å². The highest BCUT2D eigenvalue weighted by atomic mass is 16.5. The van der Waals surface area contributed by atoms with E-state index in [1.54, 1.807) is 31.2 Å². The summed E-state index contributed by atoms with van der Waals surface area (Å²) in [4.78, 5) is 23.1. The highest BCUT2D eigenvalue weighted by Crippen LogP contribution is 2.11. The van der Waals surface area contributed by atoms with Crippen LogP contribution < -0.4 is 15.6 Å². The van der Waals surface area contributed by atoms with Crippen LogP contribution in [0, 0.1) is 0 Å². The Hall–Kier alpha value is -2.12. The van der Waals surface area contributed by atoms with E-state index < -0.39 is 11.8 Å². The molecule has 122 valence electrons. The van der Waals surface area contributed by atoms with Crippen molar-refractivity contribution in [2.45, 2.75) is 13.8 Å². The van der Waals surface area contributed by atoms with Gasteiger partial charge in [-0.1, -0.05) is 0 Å². The molecule has 0 aliphatic carbocycles. The first-order chi connectivity index (χ1) is 10.7. The van der Waals surface area contributed by atoms with E-state index in [2.05, 4.69) is 10.9 Å². The number of hydrogen-bond acceptors (Lipinski definition) is 5. The fraction of sp³-hybridized carbons (Fsp3) is 0.467. The fourth-order valence-corrected chi connectivity index (χ4v) is 1.49. The van der Waals surface area contributed by atoms with E-state index in [1.807, 2.05) is 6.92 Å². The lowest BCUT2D eigenvalue weighted by Crippen LogP contribution is -2.43. The normalized spacial score (nSPS) is 10.1. The molecule has 22 heavy (non-hydrogen) atoms. The topological polar surface area (TPSA) is 85.9 Å². The lowest BCUT2D eigenvalue weighted by Gasteiger charge is -2.09. The van der Waals surface area contributed by atoms with Gasteiger partial charge < -0.3 is 14.2 Å². The molecule has 0 aromatic heterocycles. The van der Waals surface area contributed by atoms with Crippen LogP contribution in [0.15, 0.2) is 24.3 Å². The van der Waals surface area contributed by atoms with Crippen molar-refractivity contribution in [1.29, 1.82) is 0 Å². The Kier molecular flexibility index (Phi) is 8.63. The zero-order valence-corrected chi connectivity index (χ0v) is 12.9. The van der Waals surface area contributed by atoms with E-state index in [1.165, 1.54) is 0 Å². The van der Waals surface area contributed by atoms with Gasteiger partial charge in [0, 0.05) is 18.8 Å². The van der Waals surface area contributed by atoms with Gasteiger partial charge in [-0.15, -0.1) is 0 Å². The Morgan fingerprint density at radius 3 is 2.27 bits per heavy atom. The van der Waals surface area contributed by atoms with Crippen LogP contribution >= 0.6 is 0 Å². The molecular weight excluding hydrogens is 288 g/mol. The van der Waals surface area contributed by atoms with Crippen molar-refractivity contribution in [3.8, 4) is 5.75 Å². The second kappa shape index (κ2) is 10.6. The summed E-state index contributed by atoms with van der Waals surface area (Å²) < 4.78 is 15.5. The van der Waals surface area contributed by atoms with Crippen molar-refractivity contribution >= 4 is 11.8 Å². The summed E-state index contributed by atoms with van der Waals surface area (Å²) in [6, 6.07) is 6.59. The number of carbonyl (C=O) groups excluding carboxylic acids is 2. The van der Waals surface area contributed by atoms with Crippen LogP contribution in [0.5, 0.6) is 5.75 Å². The predicted molar refractivity (Wildman–Crippen MR) is 80.5 cm³/mol. The number of rotatable bonds is 9. The zero-order valence-electron chi connectivity index (χ0n) is 12.9. The van der Waals surface area contributed by atoms with Gasteiger partial charge in [0.05, 0.1) is 6.61 Å². The summed E-state index contributed by atoms with van der Waals surface area (Å²) in [5.41, 5.74) is 4.99. The van der Waals surface area contributed by atoms with Gasteiger partial charge in [0.25, 0.3) is 11.8 Å². The maximum absolute atomic E-state index is 11.8. The molecule has 2 N–H and O–H groups in total. The van der Waals surface area contributed by atoms with Crippen LogP contribution in [0.25, 0.3) is 0 Å². The van der Waals surface area contributed by atoms with E-state index in [-0.39, 0.29) is 6.61 Å². The van der Waals surface area contributed by atoms with Gasteiger partial charge >= 0.3 is 0 Å². The molecule has 1 rings (SSSR count). The monoisotopic (exact) mass is 310 g/mol. The van der Waals surface area contributed by atoms with Crippen LogP contribution in [0.4, 0.5) is 0 Å². The van der Waals surface area contributed by atoms with Crippen molar-refractivity contribution in [3.05, 3.63) is 29.8 Å². The van der Waals surface area contributed by atoms with Gasteiger partial charge in [0.2, 0.25) is 0 Å². The summed E-state index contributed by atoms with van der Waals surface area (Å²) >= 11 is 0. The summed E-state index contributed by atoms with van der Waals surface area (Å²) in [5.74, 6) is -0.173. The summed E-state index contributed by atoms with van der Waals surface area (Å²) in [6.45, 7) is 5.66. The largest absolute Gasteiger partial charge is 0.491 e. The first-order valence-electron chi connectivity index (χ1n) is 7.14. The zero-order chi connectivity index (χ0) is 16.2. The molecule has 1 aromatic carbocycles. The SMILES string of the molecule is CCOCCOc1ccc(C(=O)NNC(=O)COCC)cc1. The highest BCUT2D eigenvalue weighted by molar-refractivity contribution is 5.95. The molecule has 1 aromatic rings. The van der Waals surface area contributed by atoms with E-state index in [0.29, 0.717) is 37.7 Å². The predicted octanol–water partition coefficient (Wildman–Crippen LogP) is 0.899. The molecule has 0 unspecified atom stereocenters. The van der Waals surface area contributed by atoms with Gasteiger partial charge in [-0.3, -0.25) is 20.4 Å². The third-order valence-electron chi connectivity index (χ3n) is 2.57. The average molecular weight is 310 g/mol. The first kappa shape index (κ1) is 17.9. The Morgan fingerprint density at radius 2 is 1.64 bits per heavy atom. The molecule has 0 fully saturated rings. The Balaban J connectivity index is 2.35. The molecule has 0 saturated heterocycles. The first-order valence-corrected chi connectivity index (χ1v) is 7.14. The molecule has 7 nitrogen and oxygen atoms in total. The average Bonchev–Trinajstić information content (AvgIpc) is 2.55. The maximum Gasteiger partial charge on any atom is 0.269 e. The van der Waals surface area contributed by atoms with Crippen molar-refractivity contribution < 1.29 is 23.8 Å². The van der Waals surface area contributed by atoms with Crippen molar-refractivity contribution in [2.75, 3.05) is 33.0 Å². The molecule has 0 bridgehead atoms. The summed E-state index contributed by atoms with van der Waals surface area (Å²) in [6.07, 6.45) is 0. The summed E-state index contributed by atoms with van der Waals surface area (Å²) in [7, 11) is 0. The Bertz CT molecular complexity index is 462. The number of hydrogen-bond donors (Lipinski definition) is 2. The van der Waals surface area contributed by atoms with Gasteiger partial charge in [0.15, 0.2) is 0 Å². The van der Waals surface area contributed by atoms with E-state index >= 15 is 0 Å². The molecule has 0 atom stereocenters. The van der Waals surface area contributed by atoms with Crippen molar-refractivity contribution in [3.63, 3.8) is 0 Å². The molecular formula is C15H22N2O5. The molecule has 0 heterocycles. The van der Waals surface area contributed by atoms with Crippen LogP contribution in [0.1, 0.15) is 24.2 Å². The Labute approximate surface area is 129 Å². The van der Waals surface area contributed by atoms with E-state index in [9.17, 15) is 9.59 Å². The minimum Gasteiger partial charge on any atom is -0.491 e. The standard InChI is InChI=1S/C15H22N2O5/c1-3-20-9-10-22-13-7-5-12(6-8-13)15(19)17-16-14(18)11-21-4-2/h5-8H,3-4,9-11H2,1-2H3,(H,16,18)(H,17,19). The molecule has 2 amide bonds. The number of hydrazine groups is 1. The van der Waals surface area contributed by atoms with Crippen molar-refractivity contribution in [2.24, 2.45) is 0 Å². The minimum atomic E-state index is -0.411. The van der Waals surface area contributed by atoms with Crippen LogP contribution in [-0.2, 0) is 14.3 Å². The van der Waals surface area contributed by atoms with E-state index in [0.717, 1.165) is 0 Å². The second-order valence-corrected chi connectivity index (χ2v) is 4.21. The smallest absolute Gasteiger partial charge is 0.269 e. The lowest BCUT2D eigenvalue weighted by atomic mass is 10.2. The number of nitrogens with one attached hydrogen (secondary N) is 2. The summed E-state index contributed by atoms with van der Waals surface area (Å²) in [5, 5.41) is 0. The number of ether oxygens (including phenoxy) is 3. The molecule has 0 spiro atoms. The molecule has 0 aliphatic heterocycles. The van der Waals surface area contributed by atoms with Gasteiger partial charge in [-0.25, -0.2) is 0 Å². The third-order valence-corrected chi connectivity index (χ3v) is 2.57. The third kappa shape index (κ3) is 7.05. The van der Waals surface area contributed by atoms with Crippen molar-refractivity contribution in [1.82, 2.24) is 10.9 Å². The molecule has 0 aliphatic rings. The number of benzene rings is 1. The fourth-order valence-electron chi connectivity index (χ4n) is 1.49. The van der Waals surface area contributed by atoms with Gasteiger partial charge in [-0.05, 0) is 38.1 Å². The lowest BCUT2D eigenvalue weighted by molar-refractivity contribution is -0.126. The quantitative estimate of drug-likeness (QED) is 0.523. The van der Waals surface area contributed by atoms with Crippen LogP contribution in [0.2, 0.25) is 0 Å². The number of amides is 2. The molecule has 0 radical (unpaired) electrons. The molecule has 0 saturated carbocycles. The van der Waals surface area contributed by atoms with Crippen LogP contribution in [0.3, 0.4) is 0 Å². The number of carbonyl (C=O) groups is 2. The van der Waals surface area contributed by atoms with Gasteiger partial charge in [-0.2, -0.15) is 0 Å². The Morgan fingerprint density at radius 1 is 0.955 bits per heavy atom. The van der Waals surface area contributed by atoms with E-state index in [4.69, 9.17) is 14.2 Å². The highest BCUT2D eigenvalue weighted by Gasteiger charge is 2.07. The minimum absolute atomic E-state index is 0.0939. The second-order valence-electron chi connectivity index (χ2n) is 4.21. The van der Waals surface area contributed by atoms with Gasteiger partial charge in [0.1, 0.15) is 19.0 Å². The molecule has 7 heteroatoms. The maximum atomic E-state index is 11.8.